The van der Waals surface area contributed by atoms with Crippen molar-refractivity contribution in [2.75, 3.05) is 0 Å². The normalized spacial score (nSPS) is 10.4. The van der Waals surface area contributed by atoms with E-state index < -0.39 is 28.8 Å². The van der Waals surface area contributed by atoms with Gasteiger partial charge in [-0.2, -0.15) is 8.78 Å². The third kappa shape index (κ3) is 3.10. The van der Waals surface area contributed by atoms with Crippen molar-refractivity contribution >= 4 is 23.1 Å². The van der Waals surface area contributed by atoms with Crippen molar-refractivity contribution < 1.29 is 23.2 Å². The molecule has 0 atom stereocenters. The van der Waals surface area contributed by atoms with Gasteiger partial charge in [0, 0.05) is 11.6 Å². The van der Waals surface area contributed by atoms with Gasteiger partial charge in [0.05, 0.1) is 9.95 Å². The monoisotopic (exact) mass is 265 g/mol. The van der Waals surface area contributed by atoms with Gasteiger partial charge < -0.3 is 4.74 Å². The Morgan fingerprint density at radius 3 is 2.53 bits per heavy atom. The molecule has 92 valence electrons. The van der Waals surface area contributed by atoms with Crippen molar-refractivity contribution in [3.05, 3.63) is 32.8 Å². The van der Waals surface area contributed by atoms with Crippen LogP contribution in [0.4, 0.5) is 14.5 Å². The van der Waals surface area contributed by atoms with Crippen molar-refractivity contribution in [3.8, 4) is 5.75 Å². The summed E-state index contributed by atoms with van der Waals surface area (Å²) in [7, 11) is 0. The van der Waals surface area contributed by atoms with Crippen molar-refractivity contribution in [1.82, 2.24) is 0 Å². The molecule has 0 N–H and O–H groups in total. The van der Waals surface area contributed by atoms with Crippen molar-refractivity contribution in [1.29, 1.82) is 0 Å². The zero-order valence-electron chi connectivity index (χ0n) is 8.45. The van der Waals surface area contributed by atoms with E-state index in [1.807, 2.05) is 0 Å². The lowest BCUT2D eigenvalue weighted by Gasteiger charge is -2.07. The lowest BCUT2D eigenvalue weighted by molar-refractivity contribution is -0.386. The maximum Gasteiger partial charge on any atom is 0.387 e. The van der Waals surface area contributed by atoms with E-state index >= 15 is 0 Å². The van der Waals surface area contributed by atoms with Crippen LogP contribution in [0.5, 0.6) is 5.75 Å². The highest BCUT2D eigenvalue weighted by Gasteiger charge is 2.22. The summed E-state index contributed by atoms with van der Waals surface area (Å²) in [5.41, 5.74) is -0.840. The molecule has 5 nitrogen and oxygen atoms in total. The molecule has 0 aliphatic carbocycles. The molecule has 0 amide bonds. The second-order valence-electron chi connectivity index (χ2n) is 2.99. The van der Waals surface area contributed by atoms with Crippen molar-refractivity contribution in [2.24, 2.45) is 0 Å². The highest BCUT2D eigenvalue weighted by molar-refractivity contribution is 6.34. The molecule has 0 radical (unpaired) electrons. The van der Waals surface area contributed by atoms with Crippen LogP contribution in [-0.4, -0.2) is 17.3 Å². The van der Waals surface area contributed by atoms with Crippen molar-refractivity contribution in [3.63, 3.8) is 0 Å². The van der Waals surface area contributed by atoms with Crippen LogP contribution in [0, 0.1) is 10.1 Å². The fourth-order valence-electron chi connectivity index (χ4n) is 1.15. The number of hydrogen-bond donors (Lipinski definition) is 0. The third-order valence-electron chi connectivity index (χ3n) is 1.84. The van der Waals surface area contributed by atoms with E-state index in [0.29, 0.717) is 0 Å². The summed E-state index contributed by atoms with van der Waals surface area (Å²) < 4.78 is 28.0. The maximum atomic E-state index is 12.0. The minimum absolute atomic E-state index is 0.118. The second-order valence-corrected chi connectivity index (χ2v) is 3.40. The molecule has 0 aliphatic heterocycles. The highest BCUT2D eigenvalue weighted by Crippen LogP contribution is 2.34. The van der Waals surface area contributed by atoms with Gasteiger partial charge in [0.15, 0.2) is 5.78 Å². The van der Waals surface area contributed by atoms with Gasteiger partial charge in [-0.05, 0) is 13.0 Å². The number of rotatable bonds is 4. The zero-order chi connectivity index (χ0) is 13.2. The number of halogens is 3. The molecule has 0 saturated heterocycles. The Kier molecular flexibility index (Phi) is 3.95. The summed E-state index contributed by atoms with van der Waals surface area (Å²) in [5.74, 6) is -1.20. The van der Waals surface area contributed by atoms with E-state index in [9.17, 15) is 23.7 Å². The van der Waals surface area contributed by atoms with Gasteiger partial charge in [-0.25, -0.2) is 0 Å². The van der Waals surface area contributed by atoms with Crippen LogP contribution < -0.4 is 4.74 Å². The Labute approximate surface area is 99.1 Å². The SMILES string of the molecule is CC(=O)c1cc(OC(F)F)c([N+](=O)[O-])cc1Cl. The summed E-state index contributed by atoms with van der Waals surface area (Å²) in [6.07, 6.45) is 0. The third-order valence-corrected chi connectivity index (χ3v) is 2.15. The molecule has 0 saturated carbocycles. The van der Waals surface area contributed by atoms with Gasteiger partial charge in [0.25, 0.3) is 0 Å². The first-order chi connectivity index (χ1) is 7.82. The number of carbonyl (C=O) groups is 1. The summed E-state index contributed by atoms with van der Waals surface area (Å²) in [6, 6.07) is 1.63. The maximum absolute atomic E-state index is 12.0. The fraction of sp³-hybridized carbons (Fsp3) is 0.222. The first-order valence-corrected chi connectivity index (χ1v) is 4.64. The van der Waals surface area contributed by atoms with Gasteiger partial charge in [-0.3, -0.25) is 14.9 Å². The van der Waals surface area contributed by atoms with E-state index in [1.165, 1.54) is 0 Å². The van der Waals surface area contributed by atoms with Gasteiger partial charge in [-0.1, -0.05) is 11.6 Å². The minimum atomic E-state index is -3.23. The molecular weight excluding hydrogens is 260 g/mol. The minimum Gasteiger partial charge on any atom is -0.427 e. The fourth-order valence-corrected chi connectivity index (χ4v) is 1.44. The van der Waals surface area contributed by atoms with Crippen LogP contribution in [0.3, 0.4) is 0 Å². The van der Waals surface area contributed by atoms with E-state index in [4.69, 9.17) is 11.6 Å². The number of nitro benzene ring substituents is 1. The van der Waals surface area contributed by atoms with Gasteiger partial charge in [0.1, 0.15) is 0 Å². The molecule has 17 heavy (non-hydrogen) atoms. The number of ether oxygens (including phenoxy) is 1. The van der Waals surface area contributed by atoms with E-state index in [1.54, 1.807) is 0 Å². The number of Topliss-reactive ketones (excluding diaryl/α,β-unsaturated/α-hetero) is 1. The molecule has 0 bridgehead atoms. The molecule has 1 rings (SSSR count). The second kappa shape index (κ2) is 5.05. The lowest BCUT2D eigenvalue weighted by atomic mass is 10.1. The number of hydrogen-bond acceptors (Lipinski definition) is 4. The van der Waals surface area contributed by atoms with E-state index in [-0.39, 0.29) is 10.6 Å². The largest absolute Gasteiger partial charge is 0.427 e. The number of carbonyl (C=O) groups excluding carboxylic acids is 1. The average molecular weight is 266 g/mol. The van der Waals surface area contributed by atoms with E-state index in [0.717, 1.165) is 19.1 Å². The Hall–Kier alpha value is -1.76. The summed E-state index contributed by atoms with van der Waals surface area (Å²) >= 11 is 5.61. The standard InChI is InChI=1S/C9H6ClF2NO4/c1-4(14)5-2-8(17-9(11)12)7(13(15)16)3-6(5)10/h2-3,9H,1H3. The Morgan fingerprint density at radius 1 is 1.53 bits per heavy atom. The molecule has 1 aromatic rings. The quantitative estimate of drug-likeness (QED) is 0.477. The van der Waals surface area contributed by atoms with Gasteiger partial charge >= 0.3 is 12.3 Å². The topological polar surface area (TPSA) is 69.4 Å². The number of benzene rings is 1. The van der Waals surface area contributed by atoms with Gasteiger partial charge in [0.2, 0.25) is 5.75 Å². The van der Waals surface area contributed by atoms with Gasteiger partial charge in [-0.15, -0.1) is 0 Å². The summed E-state index contributed by atoms with van der Waals surface area (Å²) in [4.78, 5) is 20.7. The predicted molar refractivity (Wildman–Crippen MR) is 54.7 cm³/mol. The predicted octanol–water partition coefficient (Wildman–Crippen LogP) is 3.05. The molecule has 0 aliphatic rings. The van der Waals surface area contributed by atoms with Crippen LogP contribution in [0.15, 0.2) is 12.1 Å². The zero-order valence-corrected chi connectivity index (χ0v) is 9.20. The highest BCUT2D eigenvalue weighted by atomic mass is 35.5. The average Bonchev–Trinajstić information content (AvgIpc) is 2.18. The first-order valence-electron chi connectivity index (χ1n) is 4.26. The number of ketones is 1. The molecule has 0 fully saturated rings. The molecule has 0 aromatic heterocycles. The van der Waals surface area contributed by atoms with Crippen LogP contribution in [0.1, 0.15) is 17.3 Å². The number of alkyl halides is 2. The smallest absolute Gasteiger partial charge is 0.387 e. The first kappa shape index (κ1) is 13.3. The molecule has 0 spiro atoms. The van der Waals surface area contributed by atoms with Crippen LogP contribution in [-0.2, 0) is 0 Å². The van der Waals surface area contributed by atoms with Crippen LogP contribution in [0.2, 0.25) is 5.02 Å². The lowest BCUT2D eigenvalue weighted by Crippen LogP contribution is -2.06. The Balaban J connectivity index is 3.36. The molecule has 8 heteroatoms. The number of nitrogens with zero attached hydrogens (tertiary/aromatic N) is 1. The Bertz CT molecular complexity index is 478. The molecule has 1 aromatic carbocycles. The summed E-state index contributed by atoms with van der Waals surface area (Å²) in [5, 5.41) is 10.4. The summed E-state index contributed by atoms with van der Waals surface area (Å²) in [6.45, 7) is -2.08. The van der Waals surface area contributed by atoms with Crippen LogP contribution >= 0.6 is 11.6 Å². The number of nitro groups is 1. The molecule has 0 heterocycles. The van der Waals surface area contributed by atoms with Crippen LogP contribution in [0.25, 0.3) is 0 Å². The Morgan fingerprint density at radius 2 is 2.12 bits per heavy atom. The molecular formula is C9H6ClF2NO4. The van der Waals surface area contributed by atoms with Crippen molar-refractivity contribution in [2.45, 2.75) is 13.5 Å². The molecule has 0 unspecified atom stereocenters. The van der Waals surface area contributed by atoms with E-state index in [2.05, 4.69) is 4.74 Å².